The maximum absolute atomic E-state index is 12.4. The minimum atomic E-state index is -0.626. The van der Waals surface area contributed by atoms with Crippen LogP contribution in [0, 0.1) is 0 Å². The molecule has 1 N–H and O–H groups in total. The molecule has 7 nitrogen and oxygen atoms in total. The number of ether oxygens (including phenoxy) is 3. The maximum Gasteiger partial charge on any atom is 0.335 e. The third-order valence-electron chi connectivity index (χ3n) is 5.89. The normalized spacial score (nSPS) is 12.6. The van der Waals surface area contributed by atoms with Gasteiger partial charge in [0.15, 0.2) is 6.10 Å². The van der Waals surface area contributed by atoms with Crippen LogP contribution < -0.4 is 10.1 Å². The Bertz CT molecular complexity index is 1050. The van der Waals surface area contributed by atoms with E-state index in [0.717, 1.165) is 51.4 Å². The molecule has 0 saturated heterocycles. The first-order valence-corrected chi connectivity index (χ1v) is 15.1. The zero-order chi connectivity index (χ0) is 30.7. The van der Waals surface area contributed by atoms with Gasteiger partial charge in [-0.05, 0) is 69.9 Å². The molecule has 230 valence electrons. The lowest BCUT2D eigenvalue weighted by Crippen LogP contribution is -2.32. The van der Waals surface area contributed by atoms with E-state index in [4.69, 9.17) is 14.2 Å². The first-order valence-electron chi connectivity index (χ1n) is 15.1. The summed E-state index contributed by atoms with van der Waals surface area (Å²) in [6.07, 6.45) is 29.6. The van der Waals surface area contributed by atoms with Gasteiger partial charge < -0.3 is 19.5 Å². The molecule has 7 heteroatoms. The third-order valence-corrected chi connectivity index (χ3v) is 5.89. The van der Waals surface area contributed by atoms with Gasteiger partial charge >= 0.3 is 11.9 Å². The molecule has 1 rings (SSSR count). The second-order valence-electron chi connectivity index (χ2n) is 9.48. The van der Waals surface area contributed by atoms with Crippen molar-refractivity contribution >= 4 is 17.8 Å². The van der Waals surface area contributed by atoms with Crippen LogP contribution in [0.25, 0.3) is 0 Å². The summed E-state index contributed by atoms with van der Waals surface area (Å²) in [7, 11) is 0. The molecule has 0 heterocycles. The van der Waals surface area contributed by atoms with Crippen molar-refractivity contribution in [2.45, 2.75) is 84.7 Å². The molecule has 0 bridgehead atoms. The Balaban J connectivity index is 2.12. The quantitative estimate of drug-likeness (QED) is 0.0658. The molecule has 0 aliphatic rings. The lowest BCUT2D eigenvalue weighted by atomic mass is 10.2. The molecular weight excluding hydrogens is 530 g/mol. The summed E-state index contributed by atoms with van der Waals surface area (Å²) in [6.45, 7) is 5.92. The number of unbranched alkanes of at least 4 members (excludes halogenated alkanes) is 2. The summed E-state index contributed by atoms with van der Waals surface area (Å²) in [4.78, 5) is 36.0. The zero-order valence-corrected chi connectivity index (χ0v) is 25.6. The number of nitrogens with one attached hydrogen (secondary N) is 1. The number of carbonyl (C=O) groups is 3. The first-order chi connectivity index (χ1) is 20.5. The number of allylic oxidation sites excluding steroid dienone is 10. The van der Waals surface area contributed by atoms with Crippen molar-refractivity contribution in [1.29, 1.82) is 0 Å². The summed E-state index contributed by atoms with van der Waals surface area (Å²) in [6, 6.07) is 6.45. The van der Waals surface area contributed by atoms with Crippen molar-refractivity contribution in [1.82, 2.24) is 5.32 Å². The van der Waals surface area contributed by atoms with E-state index < -0.39 is 23.9 Å². The van der Waals surface area contributed by atoms with E-state index in [9.17, 15) is 14.4 Å². The molecule has 1 atom stereocenters. The summed E-state index contributed by atoms with van der Waals surface area (Å²) in [5, 5.41) is 2.67. The Labute approximate surface area is 252 Å². The number of carbonyl (C=O) groups excluding carboxylic acids is 3. The second-order valence-corrected chi connectivity index (χ2v) is 9.48. The number of para-hydroxylation sites is 1. The first kappa shape index (κ1) is 36.3. The fourth-order valence-corrected chi connectivity index (χ4v) is 3.71. The molecule has 1 unspecified atom stereocenters. The van der Waals surface area contributed by atoms with E-state index in [1.54, 1.807) is 24.3 Å². The predicted molar refractivity (Wildman–Crippen MR) is 169 cm³/mol. The van der Waals surface area contributed by atoms with Crippen molar-refractivity contribution in [3.05, 3.63) is 90.6 Å². The third kappa shape index (κ3) is 18.6. The minimum Gasteiger partial charge on any atom is -0.462 e. The summed E-state index contributed by atoms with van der Waals surface area (Å²) >= 11 is 0. The van der Waals surface area contributed by atoms with Crippen LogP contribution in [-0.4, -0.2) is 43.7 Å². The molecule has 1 amide bonds. The van der Waals surface area contributed by atoms with Gasteiger partial charge in [-0.1, -0.05) is 86.7 Å². The van der Waals surface area contributed by atoms with Gasteiger partial charge in [-0.25, -0.2) is 4.79 Å². The molecular formula is C35H49NO6. The van der Waals surface area contributed by atoms with E-state index in [1.165, 1.54) is 6.92 Å². The number of benzene rings is 1. The van der Waals surface area contributed by atoms with Crippen LogP contribution in [0.2, 0.25) is 0 Å². The Morgan fingerprint density at radius 1 is 0.786 bits per heavy atom. The molecule has 42 heavy (non-hydrogen) atoms. The van der Waals surface area contributed by atoms with Gasteiger partial charge in [-0.3, -0.25) is 9.59 Å². The van der Waals surface area contributed by atoms with Crippen LogP contribution in [0.15, 0.2) is 85.0 Å². The average molecular weight is 580 g/mol. The zero-order valence-electron chi connectivity index (χ0n) is 25.6. The number of esters is 2. The van der Waals surface area contributed by atoms with Gasteiger partial charge in [0, 0.05) is 13.5 Å². The number of amides is 1. The monoisotopic (exact) mass is 579 g/mol. The molecule has 0 saturated carbocycles. The lowest BCUT2D eigenvalue weighted by molar-refractivity contribution is -0.157. The Hall–Kier alpha value is -3.71. The molecule has 1 aromatic carbocycles. The molecule has 0 aliphatic heterocycles. The van der Waals surface area contributed by atoms with Crippen molar-refractivity contribution in [2.75, 3.05) is 19.8 Å². The van der Waals surface area contributed by atoms with Crippen LogP contribution in [0.3, 0.4) is 0 Å². The highest BCUT2D eigenvalue weighted by atomic mass is 16.6. The van der Waals surface area contributed by atoms with Gasteiger partial charge in [0.05, 0.1) is 12.1 Å². The number of hydrogen-bond donors (Lipinski definition) is 1. The van der Waals surface area contributed by atoms with E-state index in [-0.39, 0.29) is 24.5 Å². The lowest BCUT2D eigenvalue weighted by Gasteiger charge is -2.15. The smallest absolute Gasteiger partial charge is 0.335 e. The van der Waals surface area contributed by atoms with Gasteiger partial charge in [-0.15, -0.1) is 0 Å². The van der Waals surface area contributed by atoms with Crippen LogP contribution >= 0.6 is 0 Å². The van der Waals surface area contributed by atoms with Gasteiger partial charge in [-0.2, -0.15) is 0 Å². The fraction of sp³-hybridized carbons (Fsp3) is 0.457. The van der Waals surface area contributed by atoms with Crippen molar-refractivity contribution in [3.8, 4) is 5.75 Å². The Kier molecular flexibility index (Phi) is 21.6. The highest BCUT2D eigenvalue weighted by molar-refractivity contribution is 5.97. The van der Waals surface area contributed by atoms with Crippen molar-refractivity contribution in [3.63, 3.8) is 0 Å². The number of hydrogen-bond acceptors (Lipinski definition) is 6. The average Bonchev–Trinajstić information content (AvgIpc) is 2.98. The van der Waals surface area contributed by atoms with Gasteiger partial charge in [0.1, 0.15) is 12.4 Å². The van der Waals surface area contributed by atoms with Crippen LogP contribution in [0.1, 0.15) is 88.9 Å². The van der Waals surface area contributed by atoms with Crippen LogP contribution in [0.4, 0.5) is 0 Å². The molecule has 0 fully saturated rings. The van der Waals surface area contributed by atoms with E-state index in [2.05, 4.69) is 73.0 Å². The van der Waals surface area contributed by atoms with Crippen LogP contribution in [0.5, 0.6) is 5.75 Å². The topological polar surface area (TPSA) is 90.9 Å². The molecule has 0 radical (unpaired) electrons. The Morgan fingerprint density at radius 2 is 1.38 bits per heavy atom. The summed E-state index contributed by atoms with van der Waals surface area (Å²) < 4.78 is 16.1. The van der Waals surface area contributed by atoms with Crippen molar-refractivity contribution < 1.29 is 28.6 Å². The fourth-order valence-electron chi connectivity index (χ4n) is 3.71. The van der Waals surface area contributed by atoms with E-state index in [0.29, 0.717) is 13.0 Å². The number of rotatable bonds is 22. The summed E-state index contributed by atoms with van der Waals surface area (Å²) in [5.41, 5.74) is 0.235. The minimum absolute atomic E-state index is 0.0181. The molecule has 0 spiro atoms. The highest BCUT2D eigenvalue weighted by Crippen LogP contribution is 2.17. The van der Waals surface area contributed by atoms with E-state index in [1.807, 2.05) is 6.92 Å². The van der Waals surface area contributed by atoms with Crippen molar-refractivity contribution in [2.24, 2.45) is 0 Å². The predicted octanol–water partition coefficient (Wildman–Crippen LogP) is 7.60. The van der Waals surface area contributed by atoms with E-state index >= 15 is 0 Å². The highest BCUT2D eigenvalue weighted by Gasteiger charge is 2.19. The summed E-state index contributed by atoms with van der Waals surface area (Å²) in [5.74, 6) is -1.19. The molecule has 1 aromatic rings. The maximum atomic E-state index is 12.4. The SMILES string of the molecule is CC/C=C\C/C=C\C/C=C\C/C=C\C/C=C\CCCCOC(CC)C(=O)OCCNC(=O)c1ccccc1OC(C)=O. The largest absolute Gasteiger partial charge is 0.462 e. The second kappa shape index (κ2) is 25.0. The molecule has 0 aliphatic carbocycles. The molecule has 0 aromatic heterocycles. The van der Waals surface area contributed by atoms with Gasteiger partial charge in [0.25, 0.3) is 5.91 Å². The van der Waals surface area contributed by atoms with Crippen LogP contribution in [-0.2, 0) is 19.1 Å². The van der Waals surface area contributed by atoms with Gasteiger partial charge in [0.2, 0.25) is 0 Å². The Morgan fingerprint density at radius 3 is 1.98 bits per heavy atom. The standard InChI is InChI=1S/C35H49NO6/c1-4-6-7-8-9-10-11-12-13-14-15-16-17-18-19-20-21-24-28-40-32(5-2)35(39)41-29-27-36-34(38)31-25-22-23-26-33(31)42-30(3)37/h6-7,9-10,12-13,15-16,18-19,22-23,25-26,32H,4-5,8,11,14,17,20-21,24,27-29H2,1-3H3,(H,36,38)/b7-6-,10-9-,13-12-,16-15-,19-18-.